The van der Waals surface area contributed by atoms with Crippen molar-refractivity contribution in [2.45, 2.75) is 31.7 Å². The molecule has 0 saturated heterocycles. The molecule has 0 aliphatic carbocycles. The fraction of sp³-hybridized carbons (Fsp3) is 0.174. The number of nitrogens with two attached hydrogens (primary N) is 1. The van der Waals surface area contributed by atoms with Gasteiger partial charge in [-0.15, -0.1) is 0 Å². The highest BCUT2D eigenvalue weighted by atomic mass is 32.2. The quantitative estimate of drug-likeness (QED) is 0.395. The number of aromatic nitrogens is 3. The molecule has 34 heavy (non-hydrogen) atoms. The first kappa shape index (κ1) is 23.3. The lowest BCUT2D eigenvalue weighted by atomic mass is 9.98. The minimum absolute atomic E-state index is 0.00995. The van der Waals surface area contributed by atoms with E-state index in [1.807, 2.05) is 13.8 Å². The molecule has 2 aromatic carbocycles. The number of nitrogen functional groups attached to an aromatic ring is 1. The van der Waals surface area contributed by atoms with Gasteiger partial charge in [0.1, 0.15) is 29.4 Å². The number of nitrogens with zero attached hydrogens (tertiary/aromatic N) is 3. The Labute approximate surface area is 194 Å². The molecule has 0 saturated carbocycles. The van der Waals surface area contributed by atoms with E-state index in [2.05, 4.69) is 14.7 Å². The number of hydrogen-bond acceptors (Lipinski definition) is 6. The molecule has 11 heteroatoms. The SMILES string of the molecule is Cc1c(NS(=O)(=O)c2cc(F)cc(F)c2)cccc1C(=O)c1cn(C(C)C)c2ncnc(N)c12. The minimum Gasteiger partial charge on any atom is -0.383 e. The van der Waals surface area contributed by atoms with Crippen molar-refractivity contribution < 1.29 is 22.0 Å². The zero-order chi connectivity index (χ0) is 24.8. The molecule has 8 nitrogen and oxygen atoms in total. The van der Waals surface area contributed by atoms with Crippen molar-refractivity contribution in [2.75, 3.05) is 10.5 Å². The number of ketones is 1. The van der Waals surface area contributed by atoms with Crippen LogP contribution in [0.1, 0.15) is 41.4 Å². The Morgan fingerprint density at radius 2 is 1.76 bits per heavy atom. The van der Waals surface area contributed by atoms with Crippen LogP contribution >= 0.6 is 0 Å². The van der Waals surface area contributed by atoms with E-state index in [-0.39, 0.29) is 28.7 Å². The number of hydrogen-bond donors (Lipinski definition) is 2. The van der Waals surface area contributed by atoms with Crippen LogP contribution in [0.3, 0.4) is 0 Å². The molecule has 0 aliphatic rings. The summed E-state index contributed by atoms with van der Waals surface area (Å²) in [6.07, 6.45) is 2.97. The summed E-state index contributed by atoms with van der Waals surface area (Å²) in [5.74, 6) is -2.30. The Hall–Kier alpha value is -3.86. The topological polar surface area (TPSA) is 120 Å². The van der Waals surface area contributed by atoms with E-state index in [1.165, 1.54) is 18.5 Å². The lowest BCUT2D eigenvalue weighted by Crippen LogP contribution is -2.15. The van der Waals surface area contributed by atoms with Gasteiger partial charge in [0.2, 0.25) is 0 Å². The molecule has 0 amide bonds. The molecule has 176 valence electrons. The molecule has 0 spiro atoms. The maximum Gasteiger partial charge on any atom is 0.262 e. The molecule has 2 heterocycles. The first-order valence-corrected chi connectivity index (χ1v) is 11.7. The minimum atomic E-state index is -4.32. The van der Waals surface area contributed by atoms with Gasteiger partial charge in [0.05, 0.1) is 21.5 Å². The van der Waals surface area contributed by atoms with Gasteiger partial charge in [-0.05, 0) is 44.5 Å². The molecule has 0 bridgehead atoms. The Morgan fingerprint density at radius 1 is 1.09 bits per heavy atom. The van der Waals surface area contributed by atoms with Gasteiger partial charge in [-0.2, -0.15) is 0 Å². The van der Waals surface area contributed by atoms with Crippen molar-refractivity contribution in [3.63, 3.8) is 0 Å². The van der Waals surface area contributed by atoms with Gasteiger partial charge in [-0.1, -0.05) is 12.1 Å². The molecule has 4 rings (SSSR count). The van der Waals surface area contributed by atoms with Crippen LogP contribution in [-0.2, 0) is 10.0 Å². The second kappa shape index (κ2) is 8.49. The highest BCUT2D eigenvalue weighted by Crippen LogP contribution is 2.31. The van der Waals surface area contributed by atoms with Crippen LogP contribution in [-0.4, -0.2) is 28.7 Å². The van der Waals surface area contributed by atoms with Gasteiger partial charge in [0, 0.05) is 23.9 Å². The predicted octanol–water partition coefficient (Wildman–Crippen LogP) is 4.21. The fourth-order valence-electron chi connectivity index (χ4n) is 3.70. The van der Waals surface area contributed by atoms with Crippen LogP contribution in [0.2, 0.25) is 0 Å². The van der Waals surface area contributed by atoms with Crippen LogP contribution in [0.4, 0.5) is 20.3 Å². The standard InChI is InChI=1S/C23H21F2N5O3S/c1-12(2)30-10-18(20-22(26)27-11-28-23(20)30)21(31)17-5-4-6-19(13(17)3)29-34(32,33)16-8-14(24)7-15(25)9-16/h4-12,29H,1-3H3,(H2,26,27,28). The Bertz CT molecular complexity index is 1530. The summed E-state index contributed by atoms with van der Waals surface area (Å²) in [5, 5.41) is 0.404. The van der Waals surface area contributed by atoms with E-state index in [1.54, 1.807) is 23.8 Å². The average molecular weight is 486 g/mol. The van der Waals surface area contributed by atoms with Gasteiger partial charge < -0.3 is 10.3 Å². The zero-order valence-electron chi connectivity index (χ0n) is 18.5. The molecular formula is C23H21F2N5O3S. The number of sulfonamides is 1. The van der Waals surface area contributed by atoms with Gasteiger partial charge >= 0.3 is 0 Å². The van der Waals surface area contributed by atoms with Crippen LogP contribution < -0.4 is 10.5 Å². The number of anilines is 2. The zero-order valence-corrected chi connectivity index (χ0v) is 19.3. The number of nitrogens with one attached hydrogen (secondary N) is 1. The molecule has 0 atom stereocenters. The van der Waals surface area contributed by atoms with Crippen molar-refractivity contribution in [1.82, 2.24) is 14.5 Å². The number of rotatable bonds is 6. The Kier molecular flexibility index (Phi) is 5.82. The van der Waals surface area contributed by atoms with Crippen molar-refractivity contribution in [3.8, 4) is 0 Å². The van der Waals surface area contributed by atoms with E-state index in [4.69, 9.17) is 5.73 Å². The third-order valence-electron chi connectivity index (χ3n) is 5.41. The molecule has 4 aromatic rings. The normalized spacial score (nSPS) is 11.8. The van der Waals surface area contributed by atoms with Crippen molar-refractivity contribution >= 4 is 38.3 Å². The fourth-order valence-corrected chi connectivity index (χ4v) is 4.86. The predicted molar refractivity (Wildman–Crippen MR) is 124 cm³/mol. The molecule has 0 radical (unpaired) electrons. The van der Waals surface area contributed by atoms with Crippen molar-refractivity contribution in [3.05, 3.63) is 77.2 Å². The molecule has 2 aromatic heterocycles. The largest absolute Gasteiger partial charge is 0.383 e. The van der Waals surface area contributed by atoms with E-state index in [0.717, 1.165) is 0 Å². The van der Waals surface area contributed by atoms with Crippen LogP contribution in [0, 0.1) is 18.6 Å². The number of carbonyl (C=O) groups is 1. The maximum atomic E-state index is 13.6. The van der Waals surface area contributed by atoms with Gasteiger partial charge in [0.25, 0.3) is 10.0 Å². The first-order chi connectivity index (χ1) is 16.0. The molecule has 3 N–H and O–H groups in total. The second-order valence-corrected chi connectivity index (χ2v) is 9.70. The number of halogens is 2. The van der Waals surface area contributed by atoms with E-state index < -0.39 is 32.3 Å². The summed E-state index contributed by atoms with van der Waals surface area (Å²) in [6, 6.07) is 6.49. The Morgan fingerprint density at radius 3 is 2.41 bits per heavy atom. The highest BCUT2D eigenvalue weighted by Gasteiger charge is 2.24. The average Bonchev–Trinajstić information content (AvgIpc) is 3.15. The summed E-state index contributed by atoms with van der Waals surface area (Å²) in [4.78, 5) is 21.2. The van der Waals surface area contributed by atoms with E-state index >= 15 is 0 Å². The van der Waals surface area contributed by atoms with E-state index in [0.29, 0.717) is 34.8 Å². The molecule has 0 fully saturated rings. The van der Waals surface area contributed by atoms with E-state index in [9.17, 15) is 22.0 Å². The van der Waals surface area contributed by atoms with Gasteiger partial charge in [-0.3, -0.25) is 9.52 Å². The summed E-state index contributed by atoms with van der Waals surface area (Å²) in [7, 11) is -4.32. The van der Waals surface area contributed by atoms with Gasteiger partial charge in [-0.25, -0.2) is 27.2 Å². The first-order valence-electron chi connectivity index (χ1n) is 10.2. The number of fused-ring (bicyclic) bond motifs is 1. The third-order valence-corrected chi connectivity index (χ3v) is 6.75. The summed E-state index contributed by atoms with van der Waals surface area (Å²) in [6.45, 7) is 5.43. The summed E-state index contributed by atoms with van der Waals surface area (Å²) in [5.41, 5.74) is 7.48. The third kappa shape index (κ3) is 4.10. The summed E-state index contributed by atoms with van der Waals surface area (Å²) >= 11 is 0. The van der Waals surface area contributed by atoms with Crippen LogP contribution in [0.5, 0.6) is 0 Å². The number of benzene rings is 2. The van der Waals surface area contributed by atoms with Crippen LogP contribution in [0.25, 0.3) is 11.0 Å². The smallest absolute Gasteiger partial charge is 0.262 e. The Balaban J connectivity index is 1.78. The van der Waals surface area contributed by atoms with Crippen molar-refractivity contribution in [1.29, 1.82) is 0 Å². The lowest BCUT2D eigenvalue weighted by molar-refractivity contribution is 0.103. The number of carbonyl (C=O) groups excluding carboxylic acids is 1. The van der Waals surface area contributed by atoms with Gasteiger partial charge in [0.15, 0.2) is 5.78 Å². The monoisotopic (exact) mass is 485 g/mol. The molecule has 0 unspecified atom stereocenters. The van der Waals surface area contributed by atoms with Crippen molar-refractivity contribution in [2.24, 2.45) is 0 Å². The molecular weight excluding hydrogens is 464 g/mol. The second-order valence-electron chi connectivity index (χ2n) is 8.02. The summed E-state index contributed by atoms with van der Waals surface area (Å²) < 4.78 is 56.7. The van der Waals surface area contributed by atoms with Crippen LogP contribution in [0.15, 0.2) is 53.8 Å². The highest BCUT2D eigenvalue weighted by molar-refractivity contribution is 7.92. The molecule has 0 aliphatic heterocycles. The maximum absolute atomic E-state index is 13.6. The lowest BCUT2D eigenvalue weighted by Gasteiger charge is -2.13.